The number of hydrogen-bond acceptors (Lipinski definition) is 3. The second-order valence-corrected chi connectivity index (χ2v) is 4.65. The normalized spacial score (nSPS) is 10.2. The first-order valence-electron chi connectivity index (χ1n) is 6.07. The largest absolute Gasteiger partial charge is 0.285 e. The Labute approximate surface area is 111 Å². The maximum absolute atomic E-state index is 12.1. The summed E-state index contributed by atoms with van der Waals surface area (Å²) in [6.07, 6.45) is 0. The first kappa shape index (κ1) is 13.0. The van der Waals surface area contributed by atoms with Crippen LogP contribution >= 0.6 is 0 Å². The van der Waals surface area contributed by atoms with Crippen molar-refractivity contribution < 1.29 is 0 Å². The van der Waals surface area contributed by atoms with Gasteiger partial charge in [-0.3, -0.25) is 4.79 Å². The molecule has 0 radical (unpaired) electrons. The molecule has 0 aliphatic heterocycles. The van der Waals surface area contributed by atoms with Crippen LogP contribution in [0.1, 0.15) is 27.9 Å². The highest BCUT2D eigenvalue weighted by atomic mass is 16.1. The lowest BCUT2D eigenvalue weighted by Crippen LogP contribution is -2.28. The van der Waals surface area contributed by atoms with Gasteiger partial charge in [0.15, 0.2) is 0 Å². The van der Waals surface area contributed by atoms with Crippen LogP contribution in [-0.4, -0.2) is 9.78 Å². The van der Waals surface area contributed by atoms with Crippen LogP contribution in [0.25, 0.3) is 0 Å². The molecule has 0 aliphatic rings. The molecule has 0 saturated heterocycles. The van der Waals surface area contributed by atoms with Crippen molar-refractivity contribution >= 4 is 0 Å². The molecule has 1 aromatic heterocycles. The molecule has 1 aromatic carbocycles. The van der Waals surface area contributed by atoms with Crippen LogP contribution < -0.4 is 5.56 Å². The fourth-order valence-electron chi connectivity index (χ4n) is 1.99. The van der Waals surface area contributed by atoms with E-state index in [1.807, 2.05) is 44.2 Å². The molecule has 2 rings (SSSR count). The van der Waals surface area contributed by atoms with Crippen LogP contribution in [-0.2, 0) is 6.54 Å². The molecule has 0 amide bonds. The van der Waals surface area contributed by atoms with Gasteiger partial charge in [-0.15, -0.1) is 0 Å². The van der Waals surface area contributed by atoms with Gasteiger partial charge in [-0.25, -0.2) is 4.68 Å². The Morgan fingerprint density at radius 1 is 1.32 bits per heavy atom. The van der Waals surface area contributed by atoms with E-state index in [1.165, 1.54) is 4.68 Å². The molecule has 4 nitrogen and oxygen atoms in total. The third-order valence-electron chi connectivity index (χ3n) is 3.16. The molecule has 0 spiro atoms. The van der Waals surface area contributed by atoms with E-state index in [9.17, 15) is 4.79 Å². The second kappa shape index (κ2) is 5.07. The Bertz CT molecular complexity index is 723. The fraction of sp³-hybridized carbons (Fsp3) is 0.267. The average Bonchev–Trinajstić information content (AvgIpc) is 2.37. The van der Waals surface area contributed by atoms with Gasteiger partial charge in [-0.2, -0.15) is 10.4 Å². The molecule has 0 N–H and O–H groups in total. The summed E-state index contributed by atoms with van der Waals surface area (Å²) in [6, 6.07) is 9.87. The summed E-state index contributed by atoms with van der Waals surface area (Å²) in [5.41, 5.74) is 3.36. The summed E-state index contributed by atoms with van der Waals surface area (Å²) in [4.78, 5) is 12.1. The molecule has 2 aromatic rings. The molecule has 0 bridgehead atoms. The summed E-state index contributed by atoms with van der Waals surface area (Å²) < 4.78 is 1.36. The highest BCUT2D eigenvalue weighted by molar-refractivity contribution is 5.36. The molecule has 0 aliphatic carbocycles. The van der Waals surface area contributed by atoms with Crippen molar-refractivity contribution in [2.24, 2.45) is 0 Å². The van der Waals surface area contributed by atoms with Crippen LogP contribution in [0, 0.1) is 32.1 Å². The number of benzene rings is 1. The van der Waals surface area contributed by atoms with Gasteiger partial charge in [0.25, 0.3) is 5.56 Å². The third kappa shape index (κ3) is 2.55. The zero-order valence-electron chi connectivity index (χ0n) is 11.3. The first-order chi connectivity index (χ1) is 9.02. The smallest absolute Gasteiger partial charge is 0.266 e. The summed E-state index contributed by atoms with van der Waals surface area (Å²) in [7, 11) is 0. The summed E-state index contributed by atoms with van der Waals surface area (Å²) >= 11 is 0. The lowest BCUT2D eigenvalue weighted by atomic mass is 10.1. The van der Waals surface area contributed by atoms with Crippen molar-refractivity contribution in [2.45, 2.75) is 27.3 Å². The third-order valence-corrected chi connectivity index (χ3v) is 3.16. The standard InChI is InChI=1S/C15H15N3O/c1-10-5-4-6-13(7-10)9-18-15(19)14(8-16)11(2)12(3)17-18/h4-7H,9H2,1-3H3. The molecule has 0 unspecified atom stereocenters. The highest BCUT2D eigenvalue weighted by Crippen LogP contribution is 2.08. The topological polar surface area (TPSA) is 58.7 Å². The lowest BCUT2D eigenvalue weighted by Gasteiger charge is -2.09. The van der Waals surface area contributed by atoms with E-state index in [0.717, 1.165) is 11.1 Å². The van der Waals surface area contributed by atoms with Gasteiger partial charge < -0.3 is 0 Å². The molecule has 4 heteroatoms. The van der Waals surface area contributed by atoms with Gasteiger partial charge in [0.1, 0.15) is 11.6 Å². The van der Waals surface area contributed by atoms with Crippen molar-refractivity contribution in [2.75, 3.05) is 0 Å². The van der Waals surface area contributed by atoms with Crippen molar-refractivity contribution in [1.29, 1.82) is 5.26 Å². The van der Waals surface area contributed by atoms with E-state index in [1.54, 1.807) is 6.92 Å². The minimum absolute atomic E-state index is 0.181. The highest BCUT2D eigenvalue weighted by Gasteiger charge is 2.11. The average molecular weight is 253 g/mol. The quantitative estimate of drug-likeness (QED) is 0.823. The number of hydrogen-bond donors (Lipinski definition) is 0. The lowest BCUT2D eigenvalue weighted by molar-refractivity contribution is 0.622. The number of aryl methyl sites for hydroxylation is 2. The van der Waals surface area contributed by atoms with Crippen molar-refractivity contribution in [3.05, 3.63) is 62.6 Å². The molecule has 0 fully saturated rings. The monoisotopic (exact) mass is 253 g/mol. The Morgan fingerprint density at radius 2 is 2.05 bits per heavy atom. The Kier molecular flexibility index (Phi) is 3.48. The van der Waals surface area contributed by atoms with Crippen LogP contribution in [0.3, 0.4) is 0 Å². The zero-order chi connectivity index (χ0) is 14.0. The minimum Gasteiger partial charge on any atom is -0.266 e. The molecular formula is C15H15N3O. The van der Waals surface area contributed by atoms with Crippen LogP contribution in [0.2, 0.25) is 0 Å². The van der Waals surface area contributed by atoms with E-state index >= 15 is 0 Å². The molecule has 19 heavy (non-hydrogen) atoms. The first-order valence-corrected chi connectivity index (χ1v) is 6.07. The number of nitriles is 1. The summed E-state index contributed by atoms with van der Waals surface area (Å²) in [5.74, 6) is 0. The summed E-state index contributed by atoms with van der Waals surface area (Å²) in [5, 5.41) is 13.3. The van der Waals surface area contributed by atoms with Gasteiger partial charge in [-0.1, -0.05) is 29.8 Å². The Morgan fingerprint density at radius 3 is 2.68 bits per heavy atom. The van der Waals surface area contributed by atoms with E-state index in [0.29, 0.717) is 17.8 Å². The van der Waals surface area contributed by atoms with E-state index in [2.05, 4.69) is 5.10 Å². The van der Waals surface area contributed by atoms with Crippen molar-refractivity contribution in [3.8, 4) is 6.07 Å². The van der Waals surface area contributed by atoms with Gasteiger partial charge in [0.2, 0.25) is 0 Å². The van der Waals surface area contributed by atoms with E-state index in [4.69, 9.17) is 5.26 Å². The van der Waals surface area contributed by atoms with Crippen LogP contribution in [0.5, 0.6) is 0 Å². The van der Waals surface area contributed by atoms with Gasteiger partial charge in [0, 0.05) is 0 Å². The van der Waals surface area contributed by atoms with Crippen molar-refractivity contribution in [3.63, 3.8) is 0 Å². The van der Waals surface area contributed by atoms with Crippen LogP contribution in [0.15, 0.2) is 29.1 Å². The SMILES string of the molecule is Cc1cccc(Cn2nc(C)c(C)c(C#N)c2=O)c1. The number of rotatable bonds is 2. The van der Waals surface area contributed by atoms with E-state index in [-0.39, 0.29) is 11.1 Å². The second-order valence-electron chi connectivity index (χ2n) is 4.65. The summed E-state index contributed by atoms with van der Waals surface area (Å²) in [6.45, 7) is 5.94. The minimum atomic E-state index is -0.327. The zero-order valence-corrected chi connectivity index (χ0v) is 11.3. The van der Waals surface area contributed by atoms with Gasteiger partial charge >= 0.3 is 0 Å². The fourth-order valence-corrected chi connectivity index (χ4v) is 1.99. The Balaban J connectivity index is 2.50. The number of nitrogens with zero attached hydrogens (tertiary/aromatic N) is 3. The maximum Gasteiger partial charge on any atom is 0.285 e. The maximum atomic E-state index is 12.1. The van der Waals surface area contributed by atoms with Crippen molar-refractivity contribution in [1.82, 2.24) is 9.78 Å². The van der Waals surface area contributed by atoms with Gasteiger partial charge in [-0.05, 0) is 31.9 Å². The molecule has 1 heterocycles. The molecular weight excluding hydrogens is 238 g/mol. The predicted octanol–water partition coefficient (Wildman–Crippen LogP) is 2.09. The Hall–Kier alpha value is -2.41. The molecule has 0 saturated carbocycles. The van der Waals surface area contributed by atoms with Crippen LogP contribution in [0.4, 0.5) is 0 Å². The molecule has 96 valence electrons. The molecule has 0 atom stereocenters. The predicted molar refractivity (Wildman–Crippen MR) is 73.0 cm³/mol. The van der Waals surface area contributed by atoms with E-state index < -0.39 is 0 Å². The van der Waals surface area contributed by atoms with Gasteiger partial charge in [0.05, 0.1) is 12.2 Å². The number of aromatic nitrogens is 2.